The van der Waals surface area contributed by atoms with Crippen LogP contribution in [0.3, 0.4) is 0 Å². The molecule has 0 spiro atoms. The van der Waals surface area contributed by atoms with Crippen LogP contribution in [0.4, 0.5) is 11.4 Å². The molecule has 1 aromatic heterocycles. The molecule has 0 radical (unpaired) electrons. The Hall–Kier alpha value is -2.43. The molecular formula is C38H47Cl3N3ORu-. The van der Waals surface area contributed by atoms with E-state index in [9.17, 15) is 0 Å². The summed E-state index contributed by atoms with van der Waals surface area (Å²) >= 11 is 4.08. The van der Waals surface area contributed by atoms with Gasteiger partial charge in [-0.25, -0.2) is 0 Å². The second-order valence-corrected chi connectivity index (χ2v) is 18.1. The topological polar surface area (TPSA) is 22.1 Å². The number of halogens is 3. The van der Waals surface area contributed by atoms with E-state index in [1.165, 1.54) is 50.3 Å². The molecule has 2 heterocycles. The number of nitrogens with zero attached hydrogens (tertiary/aromatic N) is 3. The minimum absolute atomic E-state index is 0.222. The first kappa shape index (κ1) is 38.0. The summed E-state index contributed by atoms with van der Waals surface area (Å²) in [7, 11) is 15.7. The van der Waals surface area contributed by atoms with Gasteiger partial charge in [-0.1, -0.05) is 35.4 Å². The third-order valence-electron chi connectivity index (χ3n) is 7.56. The first-order chi connectivity index (χ1) is 21.7. The number of aromatic nitrogens is 1. The summed E-state index contributed by atoms with van der Waals surface area (Å²) in [4.78, 5) is 8.66. The fourth-order valence-electron chi connectivity index (χ4n) is 5.69. The van der Waals surface area contributed by atoms with Gasteiger partial charge in [0.15, 0.2) is 0 Å². The summed E-state index contributed by atoms with van der Waals surface area (Å²) in [6, 6.07) is 18.6. The fourth-order valence-corrected chi connectivity index (χ4v) is 7.66. The van der Waals surface area contributed by atoms with Crippen molar-refractivity contribution in [3.8, 4) is 5.75 Å². The number of aryl methyl sites for hydroxylation is 7. The van der Waals surface area contributed by atoms with Gasteiger partial charge in [0.05, 0.1) is 0 Å². The molecule has 46 heavy (non-hydrogen) atoms. The molecular weight excluding hydrogens is 722 g/mol. The molecule has 250 valence electrons. The standard InChI is InChI=1S/C21H27N2.C11H13ClO.C6H7N.2ClH.Ru/c1-14-9-16(3)20(17(4)10-14)22-7-8-23(13-22)21-18(5)11-15(2)12-19(21)6;1-8(2)13(4)11-6-5-10(12)7-9(11)3;1-6-2-4-7-5-3-6;;;/h9-13H,7-8H2,1-6H3;3,5-8H,4H2,1-2H3;2-5H,1H3;2*1H;/q-1;;;;;+2/p-2. The molecule has 4 nitrogen and oxygen atoms in total. The van der Waals surface area contributed by atoms with Crippen LogP contribution in [0.2, 0.25) is 5.02 Å². The number of pyridine rings is 1. The van der Waals surface area contributed by atoms with Gasteiger partial charge in [0.1, 0.15) is 0 Å². The Labute approximate surface area is 295 Å². The number of anilines is 2. The third-order valence-corrected chi connectivity index (χ3v) is 9.63. The van der Waals surface area contributed by atoms with Crippen molar-refractivity contribution in [3.63, 3.8) is 0 Å². The normalized spacial score (nSPS) is 12.7. The van der Waals surface area contributed by atoms with E-state index in [1.807, 2.05) is 55.7 Å². The van der Waals surface area contributed by atoms with Crippen LogP contribution in [-0.4, -0.2) is 28.8 Å². The van der Waals surface area contributed by atoms with Crippen molar-refractivity contribution < 1.29 is 17.9 Å². The second kappa shape index (κ2) is 17.6. The summed E-state index contributed by atoms with van der Waals surface area (Å²) in [6.07, 6.45) is 3.80. The van der Waals surface area contributed by atoms with E-state index in [2.05, 4.69) is 98.7 Å². The van der Waals surface area contributed by atoms with Crippen molar-refractivity contribution in [2.45, 2.75) is 68.4 Å². The molecule has 0 N–H and O–H groups in total. The van der Waals surface area contributed by atoms with Gasteiger partial charge >= 0.3 is 115 Å². The Morgan fingerprint density at radius 2 is 1.22 bits per heavy atom. The van der Waals surface area contributed by atoms with Gasteiger partial charge in [-0.15, -0.1) is 0 Å². The molecule has 5 rings (SSSR count). The Bertz CT molecular complexity index is 1530. The van der Waals surface area contributed by atoms with Crippen molar-refractivity contribution >= 4 is 47.0 Å². The van der Waals surface area contributed by atoms with Crippen LogP contribution in [-0.2, 0) is 17.9 Å². The monoisotopic (exact) mass is 768 g/mol. The summed E-state index contributed by atoms with van der Waals surface area (Å²) < 4.78 is 4.64. The van der Waals surface area contributed by atoms with Gasteiger partial charge in [0, 0.05) is 36.9 Å². The molecule has 3 aromatic carbocycles. The Kier molecular flexibility index (Phi) is 14.6. The molecule has 0 aliphatic carbocycles. The van der Waals surface area contributed by atoms with Crippen molar-refractivity contribution in [1.82, 2.24) is 4.98 Å². The molecule has 1 aliphatic rings. The van der Waals surface area contributed by atoms with E-state index < -0.39 is 13.5 Å². The van der Waals surface area contributed by atoms with Crippen LogP contribution >= 0.6 is 31.0 Å². The van der Waals surface area contributed by atoms with Crippen molar-refractivity contribution in [1.29, 1.82) is 0 Å². The fraction of sp³-hybridized carbons (Fsp3) is 0.316. The third kappa shape index (κ3) is 10.8. The molecule has 8 heteroatoms. The maximum absolute atomic E-state index is 5.95. The summed E-state index contributed by atoms with van der Waals surface area (Å²) in [5.41, 5.74) is 13.0. The van der Waals surface area contributed by atoms with Crippen LogP contribution in [0.5, 0.6) is 5.75 Å². The summed E-state index contributed by atoms with van der Waals surface area (Å²) in [5, 5.41) is 0.663. The van der Waals surface area contributed by atoms with Gasteiger partial charge < -0.3 is 9.80 Å². The quantitative estimate of drug-likeness (QED) is 0.115. The zero-order valence-corrected chi connectivity index (χ0v) is 32.4. The number of hydrogen-bond acceptors (Lipinski definition) is 3. The van der Waals surface area contributed by atoms with E-state index >= 15 is 0 Å². The summed E-state index contributed by atoms with van der Waals surface area (Å²) in [6.45, 7) is 23.7. The van der Waals surface area contributed by atoms with Crippen molar-refractivity contribution in [2.24, 2.45) is 0 Å². The van der Waals surface area contributed by atoms with E-state index in [0.29, 0.717) is 5.02 Å². The van der Waals surface area contributed by atoms with Crippen LogP contribution in [0.25, 0.3) is 0 Å². The molecule has 1 saturated heterocycles. The Balaban J connectivity index is 0.000000216. The van der Waals surface area contributed by atoms with Gasteiger partial charge in [-0.05, 0) is 88.4 Å². The predicted octanol–water partition coefficient (Wildman–Crippen LogP) is 11.3. The summed E-state index contributed by atoms with van der Waals surface area (Å²) in [5.74, 6) is 0.916. The predicted molar refractivity (Wildman–Crippen MR) is 199 cm³/mol. The van der Waals surface area contributed by atoms with Gasteiger partial charge in [-0.2, -0.15) is 6.67 Å². The zero-order chi connectivity index (χ0) is 34.1. The van der Waals surface area contributed by atoms with Crippen molar-refractivity contribution in [3.05, 3.63) is 130 Å². The van der Waals surface area contributed by atoms with Gasteiger partial charge in [-0.3, -0.25) is 4.98 Å². The molecule has 1 aliphatic heterocycles. The zero-order valence-electron chi connectivity index (χ0n) is 28.4. The Morgan fingerprint density at radius 3 is 1.59 bits per heavy atom. The first-order valence-corrected chi connectivity index (χ1v) is 21.1. The van der Waals surface area contributed by atoms with Crippen LogP contribution in [0.1, 0.15) is 58.4 Å². The van der Waals surface area contributed by atoms with E-state index in [0.717, 1.165) is 24.4 Å². The molecule has 0 amide bonds. The van der Waals surface area contributed by atoms with E-state index in [4.69, 9.17) is 31.0 Å². The SMILES string of the molecule is Cc1cc(C)c(N2[CH-]N(c3c(C)cc(C)cc3C)CC2)c(C)c1.Cc1ccncc1.[CH2-][O+](c1ccc(Cl)cc1[CH]=[Ru]([Cl])[Cl])C(C)C. The van der Waals surface area contributed by atoms with Gasteiger partial charge in [0.25, 0.3) is 0 Å². The average Bonchev–Trinajstić information content (AvgIpc) is 3.41. The molecule has 0 atom stereocenters. The van der Waals surface area contributed by atoms with E-state index in [-0.39, 0.29) is 6.10 Å². The first-order valence-electron chi connectivity index (χ1n) is 15.2. The Morgan fingerprint density at radius 1 is 0.761 bits per heavy atom. The molecule has 0 bridgehead atoms. The van der Waals surface area contributed by atoms with Gasteiger partial charge in [0.2, 0.25) is 0 Å². The molecule has 1 fully saturated rings. The molecule has 0 unspecified atom stereocenters. The minimum atomic E-state index is -1.87. The van der Waals surface area contributed by atoms with Crippen LogP contribution in [0, 0.1) is 62.2 Å². The average molecular weight is 769 g/mol. The van der Waals surface area contributed by atoms with E-state index in [1.54, 1.807) is 12.4 Å². The maximum atomic E-state index is 5.95. The number of rotatable bonds is 5. The number of benzene rings is 3. The second-order valence-electron chi connectivity index (χ2n) is 12.0. The van der Waals surface area contributed by atoms with Crippen LogP contribution < -0.4 is 9.80 Å². The van der Waals surface area contributed by atoms with Crippen LogP contribution in [0.15, 0.2) is 67.0 Å². The van der Waals surface area contributed by atoms with Crippen molar-refractivity contribution in [2.75, 3.05) is 22.9 Å². The molecule has 4 aromatic rings. The number of hydrogen-bond donors (Lipinski definition) is 0. The molecule has 0 saturated carbocycles.